The molecule has 0 bridgehead atoms. The first-order chi connectivity index (χ1) is 6.20. The number of benzene rings is 1. The third kappa shape index (κ3) is 1.28. The van der Waals surface area contributed by atoms with Crippen molar-refractivity contribution in [3.8, 4) is 0 Å². The van der Waals surface area contributed by atoms with E-state index in [-0.39, 0.29) is 0 Å². The summed E-state index contributed by atoms with van der Waals surface area (Å²) in [6, 6.07) is 1.09. The molecule has 0 aliphatic carbocycles. The fourth-order valence-electron chi connectivity index (χ4n) is 1.13. The maximum atomic E-state index is 13.1. The molecule has 1 heterocycles. The standard InChI is InChI=1S/C9H5F2NS/c1-5-8(11)6(10)4-7-9(5)13-3-2-12-7/h3-4H,1H3. The molecule has 0 radical (unpaired) electrons. The number of fused-ring (bicyclic) bond motifs is 1. The quantitative estimate of drug-likeness (QED) is 0.622. The summed E-state index contributed by atoms with van der Waals surface area (Å²) in [5.74, 6) is 0.937. The molecule has 0 amide bonds. The van der Waals surface area contributed by atoms with E-state index in [4.69, 9.17) is 0 Å². The summed E-state index contributed by atoms with van der Waals surface area (Å²) in [5.41, 5.74) is 0.755. The fraction of sp³-hybridized carbons (Fsp3) is 0.111. The number of hydrogen-bond acceptors (Lipinski definition) is 2. The molecule has 0 N–H and O–H groups in total. The van der Waals surface area contributed by atoms with Crippen molar-refractivity contribution >= 4 is 23.3 Å². The van der Waals surface area contributed by atoms with E-state index in [0.29, 0.717) is 16.1 Å². The lowest BCUT2D eigenvalue weighted by Gasteiger charge is -2.09. The Hall–Kier alpha value is -1.12. The Morgan fingerprint density at radius 3 is 3.00 bits per heavy atom. The van der Waals surface area contributed by atoms with Crippen LogP contribution in [0.4, 0.5) is 14.5 Å². The largest absolute Gasteiger partial charge is 0.204 e. The zero-order chi connectivity index (χ0) is 9.42. The van der Waals surface area contributed by atoms with E-state index in [1.807, 2.05) is 0 Å². The van der Waals surface area contributed by atoms with Crippen LogP contribution in [0.25, 0.3) is 0 Å². The van der Waals surface area contributed by atoms with Crippen LogP contribution < -0.4 is 0 Å². The van der Waals surface area contributed by atoms with E-state index in [1.54, 1.807) is 12.3 Å². The van der Waals surface area contributed by atoms with Crippen LogP contribution in [-0.2, 0) is 0 Å². The number of hydrogen-bond donors (Lipinski definition) is 0. The predicted molar refractivity (Wildman–Crippen MR) is 48.6 cm³/mol. The SMILES string of the molecule is Cc1c(F)c(F)cc2c1SC=C=N2. The lowest BCUT2D eigenvalue weighted by Crippen LogP contribution is -1.93. The highest BCUT2D eigenvalue weighted by atomic mass is 32.2. The first-order valence-corrected chi connectivity index (χ1v) is 4.51. The van der Waals surface area contributed by atoms with Gasteiger partial charge in [-0.15, -0.1) is 0 Å². The molecule has 0 unspecified atom stereocenters. The Kier molecular flexibility index (Phi) is 1.94. The minimum absolute atomic E-state index is 0.307. The molecule has 1 aromatic rings. The first-order valence-electron chi connectivity index (χ1n) is 3.63. The molecule has 2 rings (SSSR count). The van der Waals surface area contributed by atoms with E-state index < -0.39 is 11.6 Å². The Morgan fingerprint density at radius 1 is 1.46 bits per heavy atom. The molecule has 1 aliphatic rings. The van der Waals surface area contributed by atoms with Crippen LogP contribution >= 0.6 is 11.8 Å². The van der Waals surface area contributed by atoms with Crippen LogP contribution in [0, 0.1) is 18.6 Å². The molecular weight excluding hydrogens is 192 g/mol. The zero-order valence-corrected chi connectivity index (χ0v) is 7.58. The van der Waals surface area contributed by atoms with Crippen molar-refractivity contribution in [2.24, 2.45) is 4.99 Å². The average molecular weight is 197 g/mol. The third-order valence-corrected chi connectivity index (χ3v) is 2.76. The van der Waals surface area contributed by atoms with Crippen molar-refractivity contribution in [2.75, 3.05) is 0 Å². The Balaban J connectivity index is 2.74. The van der Waals surface area contributed by atoms with Gasteiger partial charge < -0.3 is 0 Å². The molecule has 0 saturated carbocycles. The number of nitrogens with zero attached hydrogens (tertiary/aromatic N) is 1. The summed E-state index contributed by atoms with van der Waals surface area (Å²) in [4.78, 5) is 4.49. The number of thioether (sulfide) groups is 1. The van der Waals surface area contributed by atoms with Crippen molar-refractivity contribution in [2.45, 2.75) is 11.8 Å². The lowest BCUT2D eigenvalue weighted by molar-refractivity contribution is 0.500. The normalized spacial score (nSPS) is 13.2. The molecule has 0 spiro atoms. The van der Waals surface area contributed by atoms with Gasteiger partial charge in [0.15, 0.2) is 11.6 Å². The molecular formula is C9H5F2NS. The van der Waals surface area contributed by atoms with Crippen molar-refractivity contribution < 1.29 is 8.78 Å². The van der Waals surface area contributed by atoms with Crippen LogP contribution in [0.3, 0.4) is 0 Å². The molecule has 1 nitrogen and oxygen atoms in total. The van der Waals surface area contributed by atoms with Crippen LogP contribution in [-0.4, -0.2) is 5.87 Å². The van der Waals surface area contributed by atoms with E-state index in [9.17, 15) is 8.78 Å². The van der Waals surface area contributed by atoms with Crippen molar-refractivity contribution in [3.63, 3.8) is 0 Å². The molecule has 4 heteroatoms. The van der Waals surface area contributed by atoms with Crippen molar-refractivity contribution in [1.82, 2.24) is 0 Å². The summed E-state index contributed by atoms with van der Waals surface area (Å²) in [6.45, 7) is 1.54. The maximum Gasteiger partial charge on any atom is 0.163 e. The van der Waals surface area contributed by atoms with Crippen LogP contribution in [0.2, 0.25) is 0 Å². The second kappa shape index (κ2) is 2.98. The number of rotatable bonds is 0. The molecule has 1 aromatic carbocycles. The third-order valence-electron chi connectivity index (χ3n) is 1.79. The monoisotopic (exact) mass is 197 g/mol. The summed E-state index contributed by atoms with van der Waals surface area (Å²) in [7, 11) is 0. The van der Waals surface area contributed by atoms with Crippen LogP contribution in [0.1, 0.15) is 5.56 Å². The first kappa shape index (κ1) is 8.48. The van der Waals surface area contributed by atoms with E-state index in [1.165, 1.54) is 11.8 Å². The van der Waals surface area contributed by atoms with Crippen LogP contribution in [0.5, 0.6) is 0 Å². The van der Waals surface area contributed by atoms with Gasteiger partial charge >= 0.3 is 0 Å². The predicted octanol–water partition coefficient (Wildman–Crippen LogP) is 3.19. The minimum atomic E-state index is -0.857. The molecule has 0 fully saturated rings. The zero-order valence-electron chi connectivity index (χ0n) is 6.77. The number of aliphatic imine (C=N–C) groups is 1. The van der Waals surface area contributed by atoms with E-state index in [0.717, 1.165) is 6.07 Å². The highest BCUT2D eigenvalue weighted by Crippen LogP contribution is 2.37. The molecule has 13 heavy (non-hydrogen) atoms. The highest BCUT2D eigenvalue weighted by Gasteiger charge is 2.15. The van der Waals surface area contributed by atoms with E-state index >= 15 is 0 Å². The molecule has 0 aromatic heterocycles. The van der Waals surface area contributed by atoms with Crippen molar-refractivity contribution in [1.29, 1.82) is 0 Å². The molecule has 0 saturated heterocycles. The summed E-state index contributed by atoms with van der Waals surface area (Å²) >= 11 is 1.30. The smallest absolute Gasteiger partial charge is 0.163 e. The Morgan fingerprint density at radius 2 is 2.23 bits per heavy atom. The number of halogens is 2. The summed E-state index contributed by atoms with van der Waals surface area (Å²) < 4.78 is 25.9. The summed E-state index contributed by atoms with van der Waals surface area (Å²) in [6.07, 6.45) is 0. The minimum Gasteiger partial charge on any atom is -0.204 e. The topological polar surface area (TPSA) is 12.4 Å². The Labute approximate surface area is 78.2 Å². The van der Waals surface area contributed by atoms with Gasteiger partial charge in [0.25, 0.3) is 0 Å². The van der Waals surface area contributed by atoms with Gasteiger partial charge in [-0.3, -0.25) is 0 Å². The van der Waals surface area contributed by atoms with Gasteiger partial charge in [-0.25, -0.2) is 13.8 Å². The van der Waals surface area contributed by atoms with Gasteiger partial charge in [-0.2, -0.15) is 0 Å². The van der Waals surface area contributed by atoms with Gasteiger partial charge in [-0.1, -0.05) is 11.8 Å². The Bertz CT molecular complexity index is 434. The van der Waals surface area contributed by atoms with Crippen molar-refractivity contribution in [3.05, 3.63) is 28.7 Å². The summed E-state index contributed by atoms with van der Waals surface area (Å²) in [5, 5.41) is 1.62. The van der Waals surface area contributed by atoms with Gasteiger partial charge in [0.2, 0.25) is 0 Å². The highest BCUT2D eigenvalue weighted by molar-refractivity contribution is 8.02. The second-order valence-electron chi connectivity index (χ2n) is 2.62. The fourth-order valence-corrected chi connectivity index (χ4v) is 1.85. The van der Waals surface area contributed by atoms with Gasteiger partial charge in [-0.05, 0) is 12.8 Å². The molecule has 1 aliphatic heterocycles. The lowest BCUT2D eigenvalue weighted by atomic mass is 10.2. The van der Waals surface area contributed by atoms with Gasteiger partial charge in [0, 0.05) is 21.9 Å². The molecule has 66 valence electrons. The van der Waals surface area contributed by atoms with Gasteiger partial charge in [0.1, 0.15) is 0 Å². The van der Waals surface area contributed by atoms with Gasteiger partial charge in [0.05, 0.1) is 5.69 Å². The molecule has 0 atom stereocenters. The van der Waals surface area contributed by atoms with E-state index in [2.05, 4.69) is 10.9 Å². The second-order valence-corrected chi connectivity index (χ2v) is 3.50. The average Bonchev–Trinajstić information content (AvgIpc) is 2.15. The maximum absolute atomic E-state index is 13.1. The van der Waals surface area contributed by atoms with Crippen LogP contribution in [0.15, 0.2) is 21.4 Å².